The molecule has 2 aliphatic rings. The summed E-state index contributed by atoms with van der Waals surface area (Å²) in [6.07, 6.45) is 2.82. The van der Waals surface area contributed by atoms with E-state index in [-0.39, 0.29) is 17.7 Å². The van der Waals surface area contributed by atoms with Gasteiger partial charge in [0.25, 0.3) is 11.8 Å². The number of methoxy groups -OCH3 is 1. The van der Waals surface area contributed by atoms with Gasteiger partial charge in [0.15, 0.2) is 0 Å². The molecule has 3 heterocycles. The molecule has 2 aromatic rings. The highest BCUT2D eigenvalue weighted by atomic mass is 16.5. The van der Waals surface area contributed by atoms with Gasteiger partial charge in [-0.1, -0.05) is 0 Å². The van der Waals surface area contributed by atoms with E-state index in [1.807, 2.05) is 47.8 Å². The normalized spacial score (nSPS) is 19.7. The zero-order chi connectivity index (χ0) is 20.5. The second-order valence-corrected chi connectivity index (χ2v) is 8.03. The molecule has 1 aromatic heterocycles. The van der Waals surface area contributed by atoms with Gasteiger partial charge in [-0.15, -0.1) is 0 Å². The number of piperidine rings is 1. The van der Waals surface area contributed by atoms with Crippen LogP contribution < -0.4 is 4.74 Å². The minimum Gasteiger partial charge on any atom is -0.497 e. The Kier molecular flexibility index (Phi) is 5.30. The van der Waals surface area contributed by atoms with Crippen LogP contribution in [0, 0.1) is 6.92 Å². The zero-order valence-corrected chi connectivity index (χ0v) is 17.4. The molecule has 0 N–H and O–H groups in total. The number of rotatable bonds is 3. The molecule has 0 spiro atoms. The van der Waals surface area contributed by atoms with E-state index < -0.39 is 0 Å². The van der Waals surface area contributed by atoms with Gasteiger partial charge in [0, 0.05) is 44.7 Å². The largest absolute Gasteiger partial charge is 0.497 e. The van der Waals surface area contributed by atoms with Crippen LogP contribution in [0.3, 0.4) is 0 Å². The fraction of sp³-hybridized carbons (Fsp3) is 0.500. The van der Waals surface area contributed by atoms with Crippen molar-refractivity contribution < 1.29 is 14.3 Å². The maximum atomic E-state index is 13.1. The average Bonchev–Trinajstić information content (AvgIpc) is 3.11. The number of likely N-dealkylation sites (tertiary alicyclic amines) is 1. The molecular weight excluding hydrogens is 368 g/mol. The van der Waals surface area contributed by atoms with E-state index in [0.29, 0.717) is 17.8 Å². The number of amides is 2. The quantitative estimate of drug-likeness (QED) is 0.800. The predicted molar refractivity (Wildman–Crippen MR) is 109 cm³/mol. The second-order valence-electron chi connectivity index (χ2n) is 8.03. The molecule has 1 saturated heterocycles. The number of aryl methyl sites for hydroxylation is 2. The molecule has 154 valence electrons. The molecule has 0 bridgehead atoms. The van der Waals surface area contributed by atoms with Crippen molar-refractivity contribution in [1.82, 2.24) is 19.6 Å². The van der Waals surface area contributed by atoms with Gasteiger partial charge in [-0.2, -0.15) is 5.10 Å². The minimum absolute atomic E-state index is 0.0267. The monoisotopic (exact) mass is 396 g/mol. The Morgan fingerprint density at radius 2 is 2.00 bits per heavy atom. The fourth-order valence-electron chi connectivity index (χ4n) is 4.31. The van der Waals surface area contributed by atoms with Gasteiger partial charge in [0.1, 0.15) is 11.4 Å². The van der Waals surface area contributed by atoms with Crippen molar-refractivity contribution in [2.45, 2.75) is 38.6 Å². The molecular formula is C22H28N4O3. The summed E-state index contributed by atoms with van der Waals surface area (Å²) in [4.78, 5) is 29.4. The van der Waals surface area contributed by atoms with E-state index >= 15 is 0 Å². The maximum Gasteiger partial charge on any atom is 0.271 e. The Labute approximate surface area is 171 Å². The van der Waals surface area contributed by atoms with Crippen LogP contribution in [0.5, 0.6) is 5.75 Å². The Bertz CT molecular complexity index is 936. The Balaban J connectivity index is 1.53. The Morgan fingerprint density at radius 1 is 1.17 bits per heavy atom. The van der Waals surface area contributed by atoms with Crippen LogP contribution in [0.15, 0.2) is 24.3 Å². The molecule has 1 fully saturated rings. The fourth-order valence-corrected chi connectivity index (χ4v) is 4.31. The van der Waals surface area contributed by atoms with Gasteiger partial charge in [-0.05, 0) is 56.0 Å². The summed E-state index contributed by atoms with van der Waals surface area (Å²) in [7, 11) is 3.46. The van der Waals surface area contributed by atoms with Gasteiger partial charge >= 0.3 is 0 Å². The van der Waals surface area contributed by atoms with E-state index in [4.69, 9.17) is 9.84 Å². The third-order valence-electron chi connectivity index (χ3n) is 6.02. The number of carbonyl (C=O) groups is 2. The van der Waals surface area contributed by atoms with Gasteiger partial charge in [0.05, 0.1) is 12.8 Å². The molecule has 0 saturated carbocycles. The van der Waals surface area contributed by atoms with Crippen molar-refractivity contribution in [3.8, 4) is 5.75 Å². The minimum atomic E-state index is 0.0267. The lowest BCUT2D eigenvalue weighted by molar-refractivity contribution is 0.0704. The number of carbonyl (C=O) groups excluding carboxylic acids is 2. The molecule has 1 atom stereocenters. The molecule has 2 aliphatic heterocycles. The first kappa shape index (κ1) is 19.5. The number of nitrogens with zero attached hydrogens (tertiary/aromatic N) is 4. The van der Waals surface area contributed by atoms with Gasteiger partial charge in [0.2, 0.25) is 0 Å². The zero-order valence-electron chi connectivity index (χ0n) is 17.4. The average molecular weight is 396 g/mol. The molecule has 1 unspecified atom stereocenters. The third-order valence-corrected chi connectivity index (χ3v) is 6.02. The number of hydrogen-bond acceptors (Lipinski definition) is 4. The highest BCUT2D eigenvalue weighted by molar-refractivity contribution is 5.96. The van der Waals surface area contributed by atoms with Gasteiger partial charge < -0.3 is 14.5 Å². The van der Waals surface area contributed by atoms with Crippen molar-refractivity contribution in [2.24, 2.45) is 0 Å². The molecule has 7 nitrogen and oxygen atoms in total. The maximum absolute atomic E-state index is 13.1. The first-order chi connectivity index (χ1) is 14.0. The van der Waals surface area contributed by atoms with Crippen molar-refractivity contribution in [3.05, 3.63) is 46.8 Å². The van der Waals surface area contributed by atoms with Crippen molar-refractivity contribution in [3.63, 3.8) is 0 Å². The molecule has 1 aromatic carbocycles. The highest BCUT2D eigenvalue weighted by Crippen LogP contribution is 2.29. The summed E-state index contributed by atoms with van der Waals surface area (Å²) in [5.74, 6) is 0.985. The summed E-state index contributed by atoms with van der Waals surface area (Å²) in [5, 5.41) is 4.74. The number of fused-ring (bicyclic) bond motifs is 1. The summed E-state index contributed by atoms with van der Waals surface area (Å²) in [5.41, 5.74) is 3.21. The summed E-state index contributed by atoms with van der Waals surface area (Å²) in [6, 6.07) is 7.49. The Morgan fingerprint density at radius 3 is 2.76 bits per heavy atom. The summed E-state index contributed by atoms with van der Waals surface area (Å²) < 4.78 is 7.09. The van der Waals surface area contributed by atoms with Crippen molar-refractivity contribution in [1.29, 1.82) is 0 Å². The molecule has 0 radical (unpaired) electrons. The van der Waals surface area contributed by atoms with Crippen molar-refractivity contribution in [2.75, 3.05) is 33.8 Å². The van der Waals surface area contributed by atoms with E-state index in [1.165, 1.54) is 0 Å². The topological polar surface area (TPSA) is 67.7 Å². The van der Waals surface area contributed by atoms with Crippen LogP contribution in [-0.4, -0.2) is 65.2 Å². The van der Waals surface area contributed by atoms with Crippen LogP contribution in [-0.2, 0) is 6.54 Å². The molecule has 0 aliphatic carbocycles. The molecule has 29 heavy (non-hydrogen) atoms. The van der Waals surface area contributed by atoms with Crippen LogP contribution in [0.25, 0.3) is 0 Å². The standard InChI is InChI=1S/C22H28N4O3/c1-15-12-17(29-3)7-8-18(15)21(27)25-10-4-6-16(14-25)19-13-20-22(28)24(2)9-5-11-26(20)23-19/h7-8,12-13,16H,4-6,9-11,14H2,1-3H3. The van der Waals surface area contributed by atoms with Crippen LogP contribution in [0.1, 0.15) is 57.3 Å². The first-order valence-corrected chi connectivity index (χ1v) is 10.2. The predicted octanol–water partition coefficient (Wildman–Crippen LogP) is 2.70. The lowest BCUT2D eigenvalue weighted by atomic mass is 9.93. The van der Waals surface area contributed by atoms with E-state index in [0.717, 1.165) is 55.9 Å². The molecule has 7 heteroatoms. The summed E-state index contributed by atoms with van der Waals surface area (Å²) in [6.45, 7) is 4.82. The van der Waals surface area contributed by atoms with E-state index in [9.17, 15) is 9.59 Å². The third kappa shape index (κ3) is 3.73. The van der Waals surface area contributed by atoms with Crippen LogP contribution in [0.4, 0.5) is 0 Å². The number of ether oxygens (including phenoxy) is 1. The molecule has 4 rings (SSSR count). The van der Waals surface area contributed by atoms with Crippen LogP contribution in [0.2, 0.25) is 0 Å². The SMILES string of the molecule is COc1ccc(C(=O)N2CCCC(c3cc4n(n3)CCCN(C)C4=O)C2)c(C)c1. The lowest BCUT2D eigenvalue weighted by Crippen LogP contribution is -2.39. The molecule has 2 amide bonds. The Hall–Kier alpha value is -2.83. The van der Waals surface area contributed by atoms with Gasteiger partial charge in [-0.25, -0.2) is 0 Å². The van der Waals surface area contributed by atoms with Crippen LogP contribution >= 0.6 is 0 Å². The van der Waals surface area contributed by atoms with Crippen molar-refractivity contribution >= 4 is 11.8 Å². The summed E-state index contributed by atoms with van der Waals surface area (Å²) >= 11 is 0. The highest BCUT2D eigenvalue weighted by Gasteiger charge is 2.30. The number of benzene rings is 1. The smallest absolute Gasteiger partial charge is 0.271 e. The number of hydrogen-bond donors (Lipinski definition) is 0. The van der Waals surface area contributed by atoms with E-state index in [2.05, 4.69) is 0 Å². The van der Waals surface area contributed by atoms with E-state index in [1.54, 1.807) is 12.0 Å². The lowest BCUT2D eigenvalue weighted by Gasteiger charge is -2.32. The second kappa shape index (κ2) is 7.89. The van der Waals surface area contributed by atoms with Gasteiger partial charge in [-0.3, -0.25) is 14.3 Å². The first-order valence-electron chi connectivity index (χ1n) is 10.2. The number of aromatic nitrogens is 2.